The smallest absolute Gasteiger partial charge is 0.127 e. The van der Waals surface area contributed by atoms with Crippen molar-refractivity contribution in [3.8, 4) is 11.5 Å². The fraction of sp³-hybridized carbons (Fsp3) is 0.0952. The molecule has 1 unspecified atom stereocenters. The van der Waals surface area contributed by atoms with E-state index in [4.69, 9.17) is 4.74 Å². The lowest BCUT2D eigenvalue weighted by Gasteiger charge is -2.09. The molecule has 0 aliphatic heterocycles. The van der Waals surface area contributed by atoms with Crippen molar-refractivity contribution in [2.24, 2.45) is 4.99 Å². The van der Waals surface area contributed by atoms with Crippen molar-refractivity contribution < 1.29 is 4.74 Å². The van der Waals surface area contributed by atoms with Gasteiger partial charge in [-0.2, -0.15) is 0 Å². The van der Waals surface area contributed by atoms with Gasteiger partial charge in [0, 0.05) is 15.2 Å². The van der Waals surface area contributed by atoms with Crippen LogP contribution in [0, 0.1) is 0 Å². The van der Waals surface area contributed by atoms with Gasteiger partial charge < -0.3 is 4.74 Å². The lowest BCUT2D eigenvalue weighted by molar-refractivity contribution is 0.482. The minimum Gasteiger partial charge on any atom is -0.457 e. The van der Waals surface area contributed by atoms with E-state index in [2.05, 4.69) is 49.8 Å². The molecule has 0 spiro atoms. The summed E-state index contributed by atoms with van der Waals surface area (Å²) in [6, 6.07) is 23.9. The molecule has 0 aliphatic carbocycles. The second-order valence-electron chi connectivity index (χ2n) is 5.60. The minimum absolute atomic E-state index is 0.0720. The van der Waals surface area contributed by atoms with Crippen LogP contribution >= 0.6 is 31.9 Å². The fourth-order valence-electron chi connectivity index (χ4n) is 2.37. The van der Waals surface area contributed by atoms with Gasteiger partial charge in [-0.3, -0.25) is 4.99 Å². The Kier molecular flexibility index (Phi) is 6.05. The van der Waals surface area contributed by atoms with Crippen LogP contribution in [0.2, 0.25) is 0 Å². The fourth-order valence-corrected chi connectivity index (χ4v) is 3.74. The number of para-hydroxylation sites is 1. The number of benzene rings is 3. The van der Waals surface area contributed by atoms with Gasteiger partial charge in [0.25, 0.3) is 0 Å². The number of hydrogen-bond acceptors (Lipinski definition) is 2. The lowest BCUT2D eigenvalue weighted by atomic mass is 10.1. The molecule has 3 aromatic rings. The van der Waals surface area contributed by atoms with E-state index in [1.54, 1.807) is 0 Å². The van der Waals surface area contributed by atoms with Gasteiger partial charge in [-0.05, 0) is 66.6 Å². The summed E-state index contributed by atoms with van der Waals surface area (Å²) < 4.78 is 7.90. The molecule has 126 valence electrons. The molecule has 0 heterocycles. The Hall–Kier alpha value is -1.91. The standard InChI is InChI=1S/C21H17Br2NO/c1-15(20-12-9-17(22)13-21(20)23)24-14-16-7-10-19(11-8-16)25-18-5-3-2-4-6-18/h2-15H,1H3/b24-14+. The molecule has 0 saturated carbocycles. The number of halogens is 2. The zero-order valence-corrected chi connectivity index (χ0v) is 16.9. The van der Waals surface area contributed by atoms with Gasteiger partial charge in [-0.25, -0.2) is 0 Å². The van der Waals surface area contributed by atoms with Crippen LogP contribution in [-0.2, 0) is 0 Å². The molecule has 0 radical (unpaired) electrons. The topological polar surface area (TPSA) is 21.6 Å². The molecule has 0 bridgehead atoms. The molecular formula is C21H17Br2NO. The largest absolute Gasteiger partial charge is 0.457 e. The SMILES string of the molecule is CC(/N=C/c1ccc(Oc2ccccc2)cc1)c1ccc(Br)cc1Br. The summed E-state index contributed by atoms with van der Waals surface area (Å²) in [5, 5.41) is 0. The maximum Gasteiger partial charge on any atom is 0.127 e. The first kappa shape index (κ1) is 17.9. The number of aliphatic imine (C=N–C) groups is 1. The summed E-state index contributed by atoms with van der Waals surface area (Å²) in [4.78, 5) is 4.66. The van der Waals surface area contributed by atoms with Crippen LogP contribution in [0.4, 0.5) is 0 Å². The van der Waals surface area contributed by atoms with E-state index in [0.29, 0.717) is 0 Å². The van der Waals surface area contributed by atoms with Gasteiger partial charge in [0.2, 0.25) is 0 Å². The van der Waals surface area contributed by atoms with E-state index in [9.17, 15) is 0 Å². The van der Waals surface area contributed by atoms with Gasteiger partial charge in [0.1, 0.15) is 11.5 Å². The second kappa shape index (κ2) is 8.45. The molecule has 0 aliphatic rings. The molecule has 0 N–H and O–H groups in total. The van der Waals surface area contributed by atoms with Crippen LogP contribution < -0.4 is 4.74 Å². The molecule has 3 rings (SSSR count). The Morgan fingerprint density at radius 3 is 2.24 bits per heavy atom. The highest BCUT2D eigenvalue weighted by atomic mass is 79.9. The zero-order valence-electron chi connectivity index (χ0n) is 13.7. The van der Waals surface area contributed by atoms with Crippen molar-refractivity contribution in [1.82, 2.24) is 0 Å². The first-order valence-electron chi connectivity index (χ1n) is 7.93. The molecule has 1 atom stereocenters. The van der Waals surface area contributed by atoms with Crippen LogP contribution in [0.5, 0.6) is 11.5 Å². The Balaban J connectivity index is 1.67. The van der Waals surface area contributed by atoms with E-state index < -0.39 is 0 Å². The highest BCUT2D eigenvalue weighted by Crippen LogP contribution is 2.28. The first-order chi connectivity index (χ1) is 12.1. The number of rotatable bonds is 5. The molecule has 0 fully saturated rings. The maximum absolute atomic E-state index is 5.80. The Morgan fingerprint density at radius 1 is 0.880 bits per heavy atom. The molecular weight excluding hydrogens is 442 g/mol. The van der Waals surface area contributed by atoms with E-state index in [0.717, 1.165) is 31.6 Å². The second-order valence-corrected chi connectivity index (χ2v) is 7.37. The number of nitrogens with zero attached hydrogens (tertiary/aromatic N) is 1. The minimum atomic E-state index is 0.0720. The van der Waals surface area contributed by atoms with E-state index in [-0.39, 0.29) is 6.04 Å². The molecule has 3 aromatic carbocycles. The van der Waals surface area contributed by atoms with E-state index in [1.807, 2.05) is 72.9 Å². The summed E-state index contributed by atoms with van der Waals surface area (Å²) in [5.41, 5.74) is 2.20. The summed E-state index contributed by atoms with van der Waals surface area (Å²) in [6.45, 7) is 2.08. The maximum atomic E-state index is 5.80. The molecule has 4 heteroatoms. The highest BCUT2D eigenvalue weighted by Gasteiger charge is 2.07. The van der Waals surface area contributed by atoms with Crippen LogP contribution in [-0.4, -0.2) is 6.21 Å². The molecule has 2 nitrogen and oxygen atoms in total. The van der Waals surface area contributed by atoms with Crippen molar-refractivity contribution in [3.63, 3.8) is 0 Å². The Labute approximate surface area is 164 Å². The van der Waals surface area contributed by atoms with Crippen LogP contribution in [0.3, 0.4) is 0 Å². The molecule has 0 amide bonds. The van der Waals surface area contributed by atoms with Gasteiger partial charge in [-0.1, -0.05) is 56.1 Å². The van der Waals surface area contributed by atoms with Crippen molar-refractivity contribution in [2.75, 3.05) is 0 Å². The predicted molar refractivity (Wildman–Crippen MR) is 111 cm³/mol. The quantitative estimate of drug-likeness (QED) is 0.371. The van der Waals surface area contributed by atoms with Gasteiger partial charge in [0.05, 0.1) is 6.04 Å². The molecule has 25 heavy (non-hydrogen) atoms. The average molecular weight is 459 g/mol. The highest BCUT2D eigenvalue weighted by molar-refractivity contribution is 9.11. The zero-order chi connectivity index (χ0) is 17.6. The third-order valence-electron chi connectivity index (χ3n) is 3.72. The van der Waals surface area contributed by atoms with Crippen LogP contribution in [0.15, 0.2) is 86.7 Å². The summed E-state index contributed by atoms with van der Waals surface area (Å²) in [7, 11) is 0. The lowest BCUT2D eigenvalue weighted by Crippen LogP contribution is -1.93. The summed E-state index contributed by atoms with van der Waals surface area (Å²) >= 11 is 7.07. The first-order valence-corrected chi connectivity index (χ1v) is 9.51. The van der Waals surface area contributed by atoms with E-state index >= 15 is 0 Å². The van der Waals surface area contributed by atoms with Crippen molar-refractivity contribution in [1.29, 1.82) is 0 Å². The van der Waals surface area contributed by atoms with Crippen LogP contribution in [0.1, 0.15) is 24.1 Å². The Morgan fingerprint density at radius 2 is 1.56 bits per heavy atom. The third kappa shape index (κ3) is 5.03. The Bertz CT molecular complexity index is 861. The summed E-state index contributed by atoms with van der Waals surface area (Å²) in [6.07, 6.45) is 1.89. The van der Waals surface area contributed by atoms with E-state index in [1.165, 1.54) is 0 Å². The number of ether oxygens (including phenoxy) is 1. The summed E-state index contributed by atoms with van der Waals surface area (Å²) in [5.74, 6) is 1.64. The van der Waals surface area contributed by atoms with Crippen molar-refractivity contribution in [2.45, 2.75) is 13.0 Å². The van der Waals surface area contributed by atoms with Gasteiger partial charge in [-0.15, -0.1) is 0 Å². The number of hydrogen-bond donors (Lipinski definition) is 0. The average Bonchev–Trinajstić information content (AvgIpc) is 2.62. The molecule has 0 aromatic heterocycles. The molecule has 0 saturated heterocycles. The van der Waals surface area contributed by atoms with Crippen molar-refractivity contribution in [3.05, 3.63) is 92.9 Å². The van der Waals surface area contributed by atoms with Gasteiger partial charge >= 0.3 is 0 Å². The third-order valence-corrected chi connectivity index (χ3v) is 4.90. The predicted octanol–water partition coefficient (Wildman–Crippen LogP) is 7.18. The van der Waals surface area contributed by atoms with Crippen LogP contribution in [0.25, 0.3) is 0 Å². The van der Waals surface area contributed by atoms with Crippen molar-refractivity contribution >= 4 is 38.1 Å². The normalized spacial score (nSPS) is 12.3. The monoisotopic (exact) mass is 457 g/mol. The van der Waals surface area contributed by atoms with Gasteiger partial charge in [0.15, 0.2) is 0 Å².